The molecule has 0 atom stereocenters. The summed E-state index contributed by atoms with van der Waals surface area (Å²) in [7, 11) is 0. The molecule has 0 fully saturated rings. The Morgan fingerprint density at radius 2 is 1.73 bits per heavy atom. The SMILES string of the molecule is Cc1cc(Nc2ncnc3ccc(NC4=CC(C)(C)CO4)cc23)ccc1Oc1ccc2cccnc2c1. The molecule has 0 radical (unpaired) electrons. The highest BCUT2D eigenvalue weighted by Crippen LogP contribution is 2.33. The largest absolute Gasteiger partial charge is 0.478 e. The zero-order valence-corrected chi connectivity index (χ0v) is 20.9. The number of nitrogens with zero attached hydrogens (tertiary/aromatic N) is 3. The lowest BCUT2D eigenvalue weighted by molar-refractivity contribution is 0.190. The Morgan fingerprint density at radius 3 is 2.57 bits per heavy atom. The molecule has 0 unspecified atom stereocenters. The standard InChI is InChI=1S/C30H27N5O2/c1-19-13-21(8-11-27(19)37-23-9-6-20-5-4-12-31-26(20)15-23)35-29-24-14-22(7-10-25(24)32-18-33-29)34-28-16-30(2,3)17-36-28/h4-16,18,34H,17H2,1-3H3,(H,32,33,35). The van der Waals surface area contributed by atoms with Gasteiger partial charge in [0.25, 0.3) is 0 Å². The summed E-state index contributed by atoms with van der Waals surface area (Å²) in [5.41, 5.74) is 4.60. The van der Waals surface area contributed by atoms with Crippen LogP contribution in [0.5, 0.6) is 11.5 Å². The molecule has 0 amide bonds. The molecule has 0 saturated carbocycles. The van der Waals surface area contributed by atoms with Gasteiger partial charge >= 0.3 is 0 Å². The first-order valence-electron chi connectivity index (χ1n) is 12.2. The quantitative estimate of drug-likeness (QED) is 0.258. The van der Waals surface area contributed by atoms with Crippen LogP contribution in [0.1, 0.15) is 19.4 Å². The molecule has 2 N–H and O–H groups in total. The molecule has 1 aliphatic rings. The monoisotopic (exact) mass is 489 g/mol. The fourth-order valence-corrected chi connectivity index (χ4v) is 4.37. The van der Waals surface area contributed by atoms with Crippen molar-refractivity contribution in [2.75, 3.05) is 17.2 Å². The number of aryl methyl sites for hydroxylation is 1. The molecule has 3 heterocycles. The zero-order valence-electron chi connectivity index (χ0n) is 20.9. The number of nitrogens with one attached hydrogen (secondary N) is 2. The molecule has 3 aromatic carbocycles. The van der Waals surface area contributed by atoms with Crippen molar-refractivity contribution in [3.05, 3.63) is 96.8 Å². The molecule has 1 aliphatic heterocycles. The van der Waals surface area contributed by atoms with Gasteiger partial charge in [0.05, 0.1) is 17.6 Å². The average Bonchev–Trinajstić information content (AvgIpc) is 3.23. The number of fused-ring (bicyclic) bond motifs is 2. The van der Waals surface area contributed by atoms with Crippen molar-refractivity contribution in [1.82, 2.24) is 15.0 Å². The predicted molar refractivity (Wildman–Crippen MR) is 147 cm³/mol. The van der Waals surface area contributed by atoms with Gasteiger partial charge in [-0.05, 0) is 73.2 Å². The lowest BCUT2D eigenvalue weighted by Gasteiger charge is -2.13. The molecule has 0 aliphatic carbocycles. The summed E-state index contributed by atoms with van der Waals surface area (Å²) in [6.45, 7) is 6.98. The second-order valence-corrected chi connectivity index (χ2v) is 9.93. The molecule has 2 aromatic heterocycles. The highest BCUT2D eigenvalue weighted by atomic mass is 16.5. The van der Waals surface area contributed by atoms with Crippen molar-refractivity contribution in [3.8, 4) is 11.5 Å². The maximum absolute atomic E-state index is 6.17. The molecule has 6 rings (SSSR count). The summed E-state index contributed by atoms with van der Waals surface area (Å²) >= 11 is 0. The van der Waals surface area contributed by atoms with Gasteiger partial charge in [0.2, 0.25) is 0 Å². The highest BCUT2D eigenvalue weighted by molar-refractivity contribution is 5.93. The molecule has 184 valence electrons. The topological polar surface area (TPSA) is 81.2 Å². The average molecular weight is 490 g/mol. The van der Waals surface area contributed by atoms with E-state index in [4.69, 9.17) is 9.47 Å². The molecular formula is C30H27N5O2. The number of hydrogen-bond donors (Lipinski definition) is 2. The second-order valence-electron chi connectivity index (χ2n) is 9.93. The summed E-state index contributed by atoms with van der Waals surface area (Å²) < 4.78 is 12.0. The summed E-state index contributed by atoms with van der Waals surface area (Å²) in [4.78, 5) is 13.4. The van der Waals surface area contributed by atoms with Crippen LogP contribution in [-0.2, 0) is 4.74 Å². The van der Waals surface area contributed by atoms with E-state index in [1.165, 1.54) is 0 Å². The van der Waals surface area contributed by atoms with E-state index in [1.54, 1.807) is 12.5 Å². The van der Waals surface area contributed by atoms with Crippen LogP contribution >= 0.6 is 0 Å². The maximum Gasteiger partial charge on any atom is 0.187 e. The molecule has 0 spiro atoms. The van der Waals surface area contributed by atoms with E-state index < -0.39 is 0 Å². The minimum Gasteiger partial charge on any atom is -0.478 e. The summed E-state index contributed by atoms with van der Waals surface area (Å²) in [6.07, 6.45) is 5.47. The van der Waals surface area contributed by atoms with Crippen LogP contribution in [0.2, 0.25) is 0 Å². The van der Waals surface area contributed by atoms with Gasteiger partial charge in [-0.15, -0.1) is 0 Å². The number of anilines is 3. The smallest absolute Gasteiger partial charge is 0.187 e. The van der Waals surface area contributed by atoms with Gasteiger partial charge in [-0.25, -0.2) is 9.97 Å². The van der Waals surface area contributed by atoms with E-state index >= 15 is 0 Å². The Kier molecular flexibility index (Phi) is 5.60. The number of ether oxygens (including phenoxy) is 2. The molecular weight excluding hydrogens is 462 g/mol. The Bertz CT molecular complexity index is 1660. The van der Waals surface area contributed by atoms with Gasteiger partial charge in [0, 0.05) is 39.8 Å². The van der Waals surface area contributed by atoms with Crippen molar-refractivity contribution in [1.29, 1.82) is 0 Å². The van der Waals surface area contributed by atoms with Crippen LogP contribution in [0, 0.1) is 12.3 Å². The lowest BCUT2D eigenvalue weighted by atomic mass is 9.97. The van der Waals surface area contributed by atoms with Gasteiger partial charge in [-0.1, -0.05) is 19.9 Å². The van der Waals surface area contributed by atoms with E-state index in [0.29, 0.717) is 6.61 Å². The van der Waals surface area contributed by atoms with Crippen molar-refractivity contribution in [2.45, 2.75) is 20.8 Å². The normalized spacial score (nSPS) is 14.3. The molecule has 0 bridgehead atoms. The number of rotatable bonds is 6. The van der Waals surface area contributed by atoms with Crippen molar-refractivity contribution in [2.24, 2.45) is 5.41 Å². The van der Waals surface area contributed by atoms with E-state index in [1.807, 2.05) is 73.7 Å². The first-order chi connectivity index (χ1) is 17.9. The molecule has 37 heavy (non-hydrogen) atoms. The van der Waals surface area contributed by atoms with E-state index in [-0.39, 0.29) is 5.41 Å². The molecule has 7 nitrogen and oxygen atoms in total. The Balaban J connectivity index is 1.23. The van der Waals surface area contributed by atoms with Crippen LogP contribution in [0.15, 0.2) is 91.2 Å². The molecule has 0 saturated heterocycles. The predicted octanol–water partition coefficient (Wildman–Crippen LogP) is 7.33. The second kappa shape index (κ2) is 9.09. The minimum absolute atomic E-state index is 0.0218. The van der Waals surface area contributed by atoms with Crippen LogP contribution < -0.4 is 15.4 Å². The fourth-order valence-electron chi connectivity index (χ4n) is 4.37. The zero-order chi connectivity index (χ0) is 25.4. The van der Waals surface area contributed by atoms with E-state index in [0.717, 1.165) is 61.9 Å². The van der Waals surface area contributed by atoms with Gasteiger partial charge in [-0.3, -0.25) is 4.98 Å². The summed E-state index contributed by atoms with van der Waals surface area (Å²) in [5.74, 6) is 3.03. The lowest BCUT2D eigenvalue weighted by Crippen LogP contribution is -2.08. The first-order valence-corrected chi connectivity index (χ1v) is 12.2. The van der Waals surface area contributed by atoms with Crippen LogP contribution in [0.4, 0.5) is 17.2 Å². The molecule has 7 heteroatoms. The Labute approximate surface area is 215 Å². The number of aromatic nitrogens is 3. The van der Waals surface area contributed by atoms with Crippen molar-refractivity contribution < 1.29 is 9.47 Å². The van der Waals surface area contributed by atoms with E-state index in [9.17, 15) is 0 Å². The van der Waals surface area contributed by atoms with Crippen LogP contribution in [0.3, 0.4) is 0 Å². The number of benzene rings is 3. The maximum atomic E-state index is 6.17. The van der Waals surface area contributed by atoms with Crippen LogP contribution in [0.25, 0.3) is 21.8 Å². The third-order valence-corrected chi connectivity index (χ3v) is 6.27. The summed E-state index contributed by atoms with van der Waals surface area (Å²) in [6, 6.07) is 21.9. The van der Waals surface area contributed by atoms with Gasteiger partial charge in [0.1, 0.15) is 23.6 Å². The third-order valence-electron chi connectivity index (χ3n) is 6.27. The van der Waals surface area contributed by atoms with Gasteiger partial charge in [-0.2, -0.15) is 0 Å². The Hall–Kier alpha value is -4.65. The van der Waals surface area contributed by atoms with E-state index in [2.05, 4.69) is 45.5 Å². The van der Waals surface area contributed by atoms with Crippen LogP contribution in [-0.4, -0.2) is 21.6 Å². The fraction of sp³-hybridized carbons (Fsp3) is 0.167. The number of pyridine rings is 1. The molecule has 5 aromatic rings. The summed E-state index contributed by atoms with van der Waals surface area (Å²) in [5, 5.41) is 8.80. The number of hydrogen-bond acceptors (Lipinski definition) is 7. The first kappa shape index (κ1) is 22.8. The minimum atomic E-state index is 0.0218. The van der Waals surface area contributed by atoms with Gasteiger partial charge in [0.15, 0.2) is 5.88 Å². The highest BCUT2D eigenvalue weighted by Gasteiger charge is 2.24. The Morgan fingerprint density at radius 1 is 0.865 bits per heavy atom. The third kappa shape index (κ3) is 4.89. The van der Waals surface area contributed by atoms with Crippen molar-refractivity contribution in [3.63, 3.8) is 0 Å². The van der Waals surface area contributed by atoms with Gasteiger partial charge < -0.3 is 20.1 Å². The van der Waals surface area contributed by atoms with Crippen molar-refractivity contribution >= 4 is 39.0 Å².